The summed E-state index contributed by atoms with van der Waals surface area (Å²) < 4.78 is 5.35. The molecule has 200 valence electrons. The molecule has 3 atom stereocenters. The van der Waals surface area contributed by atoms with Gasteiger partial charge >= 0.3 is 6.09 Å². The first kappa shape index (κ1) is 26.6. The Morgan fingerprint density at radius 3 is 2.32 bits per heavy atom. The van der Waals surface area contributed by atoms with E-state index in [4.69, 9.17) is 4.74 Å². The van der Waals surface area contributed by atoms with Gasteiger partial charge in [0.15, 0.2) is 0 Å². The van der Waals surface area contributed by atoms with Crippen LogP contribution in [0.4, 0.5) is 4.79 Å². The molecule has 3 aliphatic rings. The molecular weight excluding hydrogens is 476 g/mol. The number of amides is 4. The highest BCUT2D eigenvalue weighted by molar-refractivity contribution is 6.38. The van der Waals surface area contributed by atoms with E-state index in [-0.39, 0.29) is 30.9 Å². The molecule has 0 radical (unpaired) electrons. The zero-order valence-electron chi connectivity index (χ0n) is 21.0. The van der Waals surface area contributed by atoms with E-state index >= 15 is 0 Å². The van der Waals surface area contributed by atoms with Gasteiger partial charge in [-0.2, -0.15) is 0 Å². The number of alkyl carbamates (subject to hydrolysis) is 1. The number of carbonyl (C=O) groups excluding carboxylic acids is 5. The van der Waals surface area contributed by atoms with Crippen LogP contribution in [0, 0.1) is 11.8 Å². The van der Waals surface area contributed by atoms with E-state index in [9.17, 15) is 24.0 Å². The summed E-state index contributed by atoms with van der Waals surface area (Å²) in [6, 6.07) is 7.13. The van der Waals surface area contributed by atoms with E-state index < -0.39 is 41.7 Å². The fourth-order valence-corrected chi connectivity index (χ4v) is 5.05. The SMILES string of the molecule is O=C(N[C@H](C(=O)N[C@@H](C[C@@H]1CCNC1=O)C(=O)C(=O)NC1CC1)C1CCCCC1)OCc1ccccc1. The van der Waals surface area contributed by atoms with Crippen molar-refractivity contribution in [3.8, 4) is 0 Å². The lowest BCUT2D eigenvalue weighted by molar-refractivity contribution is -0.141. The smallest absolute Gasteiger partial charge is 0.408 e. The Kier molecular flexibility index (Phi) is 9.14. The van der Waals surface area contributed by atoms with Crippen LogP contribution < -0.4 is 21.3 Å². The molecule has 2 aliphatic carbocycles. The van der Waals surface area contributed by atoms with E-state index in [0.717, 1.165) is 50.5 Å². The Morgan fingerprint density at radius 2 is 1.68 bits per heavy atom. The molecule has 1 heterocycles. The van der Waals surface area contributed by atoms with Crippen LogP contribution >= 0.6 is 0 Å². The second-order valence-corrected chi connectivity index (χ2v) is 10.3. The van der Waals surface area contributed by atoms with E-state index in [1.165, 1.54) is 0 Å². The van der Waals surface area contributed by atoms with Gasteiger partial charge in [0.2, 0.25) is 17.6 Å². The molecule has 10 heteroatoms. The second kappa shape index (κ2) is 12.7. The zero-order chi connectivity index (χ0) is 26.2. The molecule has 0 aromatic heterocycles. The number of hydrogen-bond acceptors (Lipinski definition) is 6. The van der Waals surface area contributed by atoms with Crippen LogP contribution in [0.2, 0.25) is 0 Å². The molecule has 37 heavy (non-hydrogen) atoms. The van der Waals surface area contributed by atoms with Crippen LogP contribution in [0.5, 0.6) is 0 Å². The van der Waals surface area contributed by atoms with E-state index in [1.807, 2.05) is 30.3 Å². The highest BCUT2D eigenvalue weighted by Crippen LogP contribution is 2.27. The molecule has 4 rings (SSSR count). The largest absolute Gasteiger partial charge is 0.445 e. The predicted octanol–water partition coefficient (Wildman–Crippen LogP) is 1.72. The van der Waals surface area contributed by atoms with Gasteiger partial charge in [0, 0.05) is 18.5 Å². The van der Waals surface area contributed by atoms with Crippen LogP contribution in [-0.4, -0.2) is 54.3 Å². The molecule has 2 saturated carbocycles. The summed E-state index contributed by atoms with van der Waals surface area (Å²) in [5.41, 5.74) is 0.818. The highest BCUT2D eigenvalue weighted by atomic mass is 16.5. The molecule has 3 fully saturated rings. The van der Waals surface area contributed by atoms with Crippen molar-refractivity contribution in [3.63, 3.8) is 0 Å². The van der Waals surface area contributed by atoms with Gasteiger partial charge in [-0.3, -0.25) is 19.2 Å². The van der Waals surface area contributed by atoms with Crippen molar-refractivity contribution in [2.45, 2.75) is 82.5 Å². The number of ketones is 1. The third-order valence-corrected chi connectivity index (χ3v) is 7.34. The Morgan fingerprint density at radius 1 is 0.946 bits per heavy atom. The van der Waals surface area contributed by atoms with Gasteiger partial charge < -0.3 is 26.0 Å². The molecule has 0 unspecified atom stereocenters. The van der Waals surface area contributed by atoms with Gasteiger partial charge in [-0.05, 0) is 50.0 Å². The number of hydrogen-bond donors (Lipinski definition) is 4. The van der Waals surface area contributed by atoms with Crippen molar-refractivity contribution in [1.29, 1.82) is 0 Å². The van der Waals surface area contributed by atoms with Crippen molar-refractivity contribution in [3.05, 3.63) is 35.9 Å². The van der Waals surface area contributed by atoms with Crippen LogP contribution in [-0.2, 0) is 30.5 Å². The van der Waals surface area contributed by atoms with Gasteiger partial charge in [0.25, 0.3) is 5.91 Å². The quantitative estimate of drug-likeness (QED) is 0.333. The van der Waals surface area contributed by atoms with Crippen molar-refractivity contribution < 1.29 is 28.7 Å². The fraction of sp³-hybridized carbons (Fsp3) is 0.593. The number of Topliss-reactive ketones (excluding diaryl/α,β-unsaturated/α-hetero) is 1. The maximum Gasteiger partial charge on any atom is 0.408 e. The van der Waals surface area contributed by atoms with Gasteiger partial charge in [0.1, 0.15) is 12.6 Å². The molecule has 10 nitrogen and oxygen atoms in total. The molecule has 0 spiro atoms. The van der Waals surface area contributed by atoms with Crippen molar-refractivity contribution >= 4 is 29.6 Å². The minimum atomic E-state index is -1.16. The number of carbonyl (C=O) groups is 5. The summed E-state index contributed by atoms with van der Waals surface area (Å²) in [4.78, 5) is 63.9. The number of nitrogens with one attached hydrogen (secondary N) is 4. The summed E-state index contributed by atoms with van der Waals surface area (Å²) in [7, 11) is 0. The van der Waals surface area contributed by atoms with E-state index in [2.05, 4.69) is 21.3 Å². The topological polar surface area (TPSA) is 143 Å². The van der Waals surface area contributed by atoms with Crippen molar-refractivity contribution in [2.75, 3.05) is 6.54 Å². The monoisotopic (exact) mass is 512 g/mol. The van der Waals surface area contributed by atoms with Gasteiger partial charge in [-0.15, -0.1) is 0 Å². The molecular formula is C27H36N4O6. The minimum Gasteiger partial charge on any atom is -0.445 e. The third-order valence-electron chi connectivity index (χ3n) is 7.34. The van der Waals surface area contributed by atoms with Gasteiger partial charge in [-0.25, -0.2) is 4.79 Å². The van der Waals surface area contributed by atoms with Crippen molar-refractivity contribution in [1.82, 2.24) is 21.3 Å². The summed E-state index contributed by atoms with van der Waals surface area (Å²) in [5, 5.41) is 10.8. The lowest BCUT2D eigenvalue weighted by atomic mass is 9.83. The summed E-state index contributed by atoms with van der Waals surface area (Å²) in [6.07, 6.45) is 5.91. The highest BCUT2D eigenvalue weighted by Gasteiger charge is 2.38. The average molecular weight is 513 g/mol. The molecule has 4 amide bonds. The average Bonchev–Trinajstić information content (AvgIpc) is 3.64. The maximum atomic E-state index is 13.5. The third kappa shape index (κ3) is 7.77. The van der Waals surface area contributed by atoms with Gasteiger partial charge in [-0.1, -0.05) is 49.6 Å². The van der Waals surface area contributed by atoms with Crippen LogP contribution in [0.25, 0.3) is 0 Å². The first-order valence-electron chi connectivity index (χ1n) is 13.3. The van der Waals surface area contributed by atoms with Crippen molar-refractivity contribution in [2.24, 2.45) is 11.8 Å². The number of rotatable bonds is 11. The van der Waals surface area contributed by atoms with E-state index in [1.54, 1.807) is 0 Å². The van der Waals surface area contributed by atoms with E-state index in [0.29, 0.717) is 13.0 Å². The molecule has 1 aliphatic heterocycles. The standard InChI is InChI=1S/C27H36N4O6/c32-23(26(35)29-20-11-12-20)21(15-19-13-14-28-24(19)33)30-25(34)22(18-9-5-2-6-10-18)31-27(36)37-16-17-7-3-1-4-8-17/h1,3-4,7-8,18-22H,2,5-6,9-16H2,(H,28,33)(H,29,35)(H,30,34)(H,31,36)/t19-,21-,22-/m0/s1. The van der Waals surface area contributed by atoms with Crippen LogP contribution in [0.1, 0.15) is 63.4 Å². The summed E-state index contributed by atoms with van der Waals surface area (Å²) in [6.45, 7) is 0.553. The Bertz CT molecular complexity index is 990. The first-order valence-corrected chi connectivity index (χ1v) is 13.3. The minimum absolute atomic E-state index is 0.0152. The predicted molar refractivity (Wildman–Crippen MR) is 134 cm³/mol. The van der Waals surface area contributed by atoms with Crippen LogP contribution in [0.15, 0.2) is 30.3 Å². The molecule has 0 bridgehead atoms. The second-order valence-electron chi connectivity index (χ2n) is 10.3. The fourth-order valence-electron chi connectivity index (χ4n) is 5.05. The molecule has 1 aromatic rings. The Hall–Kier alpha value is -3.43. The molecule has 4 N–H and O–H groups in total. The Balaban J connectivity index is 1.44. The number of benzene rings is 1. The normalized spacial score (nSPS) is 21.3. The van der Waals surface area contributed by atoms with Gasteiger partial charge in [0.05, 0.1) is 6.04 Å². The summed E-state index contributed by atoms with van der Waals surface area (Å²) >= 11 is 0. The zero-order valence-corrected chi connectivity index (χ0v) is 21.0. The molecule has 1 aromatic carbocycles. The Labute approximate surface area is 216 Å². The number of ether oxygens (including phenoxy) is 1. The first-order chi connectivity index (χ1) is 17.9. The molecule has 1 saturated heterocycles. The summed E-state index contributed by atoms with van der Waals surface area (Å²) in [5.74, 6) is -2.85. The lowest BCUT2D eigenvalue weighted by Crippen LogP contribution is -2.57. The van der Waals surface area contributed by atoms with Crippen LogP contribution in [0.3, 0.4) is 0 Å². The lowest BCUT2D eigenvalue weighted by Gasteiger charge is -2.31. The maximum absolute atomic E-state index is 13.5.